The monoisotopic (exact) mass is 445 g/mol. The minimum atomic E-state index is -0.451. The Bertz CT molecular complexity index is 1210. The van der Waals surface area contributed by atoms with Crippen molar-refractivity contribution in [2.75, 3.05) is 12.9 Å². The summed E-state index contributed by atoms with van der Waals surface area (Å²) in [5, 5.41) is 9.24. The molecule has 0 atom stereocenters. The van der Waals surface area contributed by atoms with Crippen LogP contribution in [0.3, 0.4) is 0 Å². The predicted molar refractivity (Wildman–Crippen MR) is 121 cm³/mol. The van der Waals surface area contributed by atoms with Crippen molar-refractivity contribution in [2.24, 2.45) is 0 Å². The molecule has 4 aromatic rings. The number of methoxy groups -OCH3 is 1. The Morgan fingerprint density at radius 3 is 2.19 bits per heavy atom. The molecular weight excluding hydrogens is 426 g/mol. The number of carbonyl (C=O) groups is 2. The largest absolute Gasteiger partial charge is 0.465 e. The highest BCUT2D eigenvalue weighted by molar-refractivity contribution is 7.99. The number of carbonyl (C=O) groups excluding carboxylic acids is 2. The van der Waals surface area contributed by atoms with E-state index in [0.717, 1.165) is 11.3 Å². The maximum absolute atomic E-state index is 12.4. The lowest BCUT2D eigenvalue weighted by Gasteiger charge is -2.10. The van der Waals surface area contributed by atoms with Crippen LogP contribution in [0.2, 0.25) is 0 Å². The summed E-state index contributed by atoms with van der Waals surface area (Å²) in [5.41, 5.74) is 2.20. The van der Waals surface area contributed by atoms with E-state index in [2.05, 4.69) is 14.9 Å². The molecule has 0 fully saturated rings. The lowest BCUT2D eigenvalue weighted by atomic mass is 10.2. The molecule has 1 aromatic heterocycles. The Kier molecular flexibility index (Phi) is 6.62. The van der Waals surface area contributed by atoms with Crippen LogP contribution in [0.15, 0.2) is 90.1 Å². The van der Waals surface area contributed by atoms with Gasteiger partial charge in [0.15, 0.2) is 11.0 Å². The molecule has 0 unspecified atom stereocenters. The van der Waals surface area contributed by atoms with Crippen LogP contribution in [0, 0.1) is 0 Å². The zero-order valence-corrected chi connectivity index (χ0v) is 18.0. The van der Waals surface area contributed by atoms with Crippen molar-refractivity contribution in [2.45, 2.75) is 5.16 Å². The number of hydrogen-bond acceptors (Lipinski definition) is 7. The minimum absolute atomic E-state index is 0.0402. The summed E-state index contributed by atoms with van der Waals surface area (Å²) in [5.74, 6) is 0.180. The summed E-state index contributed by atoms with van der Waals surface area (Å²) in [6, 6.07) is 25.7. The first-order valence-corrected chi connectivity index (χ1v) is 10.7. The highest BCUT2D eigenvalue weighted by atomic mass is 32.2. The number of ether oxygens (including phenoxy) is 2. The average Bonchev–Trinajstić information content (AvgIpc) is 3.28. The molecule has 160 valence electrons. The molecule has 32 heavy (non-hydrogen) atoms. The van der Waals surface area contributed by atoms with Crippen LogP contribution in [0.4, 0.5) is 0 Å². The lowest BCUT2D eigenvalue weighted by Crippen LogP contribution is -2.12. The SMILES string of the molecule is COC(=O)c1ccc(OC(=O)CSc2nnc(-c3ccccc3)n2-c2ccccc2)cc1. The third-order valence-corrected chi connectivity index (χ3v) is 5.41. The summed E-state index contributed by atoms with van der Waals surface area (Å²) in [6.07, 6.45) is 0. The molecule has 0 aliphatic rings. The highest BCUT2D eigenvalue weighted by Gasteiger charge is 2.18. The number of aromatic nitrogens is 3. The number of benzene rings is 3. The van der Waals surface area contributed by atoms with Gasteiger partial charge in [-0.3, -0.25) is 9.36 Å². The highest BCUT2D eigenvalue weighted by Crippen LogP contribution is 2.28. The van der Waals surface area contributed by atoms with E-state index in [9.17, 15) is 9.59 Å². The summed E-state index contributed by atoms with van der Waals surface area (Å²) < 4.78 is 11.9. The fourth-order valence-electron chi connectivity index (χ4n) is 3.01. The Morgan fingerprint density at radius 1 is 0.875 bits per heavy atom. The molecule has 8 heteroatoms. The van der Waals surface area contributed by atoms with E-state index in [1.165, 1.54) is 18.9 Å². The third-order valence-electron chi connectivity index (χ3n) is 4.51. The Balaban J connectivity index is 1.50. The van der Waals surface area contributed by atoms with Crippen molar-refractivity contribution in [1.29, 1.82) is 0 Å². The van der Waals surface area contributed by atoms with Gasteiger partial charge in [-0.1, -0.05) is 60.3 Å². The van der Waals surface area contributed by atoms with E-state index >= 15 is 0 Å². The molecule has 0 bridgehead atoms. The second-order valence-corrected chi connectivity index (χ2v) is 7.56. The second-order valence-electron chi connectivity index (χ2n) is 6.62. The van der Waals surface area contributed by atoms with E-state index < -0.39 is 11.9 Å². The summed E-state index contributed by atoms with van der Waals surface area (Å²) >= 11 is 1.24. The topological polar surface area (TPSA) is 83.3 Å². The van der Waals surface area contributed by atoms with Crippen LogP contribution < -0.4 is 4.74 Å². The minimum Gasteiger partial charge on any atom is -0.465 e. The maximum atomic E-state index is 12.4. The maximum Gasteiger partial charge on any atom is 0.337 e. The molecule has 0 amide bonds. The van der Waals surface area contributed by atoms with Crippen molar-refractivity contribution in [3.05, 3.63) is 90.5 Å². The van der Waals surface area contributed by atoms with E-state index in [1.54, 1.807) is 24.3 Å². The molecule has 0 N–H and O–H groups in total. The van der Waals surface area contributed by atoms with Gasteiger partial charge in [-0.25, -0.2) is 4.79 Å². The van der Waals surface area contributed by atoms with Gasteiger partial charge in [-0.05, 0) is 36.4 Å². The van der Waals surface area contributed by atoms with Gasteiger partial charge in [0.25, 0.3) is 0 Å². The van der Waals surface area contributed by atoms with Crippen LogP contribution >= 0.6 is 11.8 Å². The van der Waals surface area contributed by atoms with Crippen molar-refractivity contribution < 1.29 is 19.1 Å². The predicted octanol–water partition coefficient (Wildman–Crippen LogP) is 4.42. The average molecular weight is 446 g/mol. The number of hydrogen-bond donors (Lipinski definition) is 0. The summed E-state index contributed by atoms with van der Waals surface area (Å²) in [4.78, 5) is 23.9. The first-order chi connectivity index (χ1) is 15.7. The quantitative estimate of drug-likeness (QED) is 0.237. The number of rotatable bonds is 7. The van der Waals surface area contributed by atoms with Crippen molar-refractivity contribution in [3.8, 4) is 22.8 Å². The van der Waals surface area contributed by atoms with Crippen LogP contribution in [-0.2, 0) is 9.53 Å². The molecule has 0 spiro atoms. The van der Waals surface area contributed by atoms with Crippen LogP contribution in [-0.4, -0.2) is 39.6 Å². The summed E-state index contributed by atoms with van der Waals surface area (Å²) in [6.45, 7) is 0. The zero-order valence-electron chi connectivity index (χ0n) is 17.2. The van der Waals surface area contributed by atoms with Gasteiger partial charge in [0.05, 0.1) is 18.4 Å². The molecule has 7 nitrogen and oxygen atoms in total. The standard InChI is InChI=1S/C24H19N3O4S/c1-30-23(29)18-12-14-20(15-13-18)31-21(28)16-32-24-26-25-22(17-8-4-2-5-9-17)27(24)19-10-6-3-7-11-19/h2-15H,16H2,1H3. The molecule has 1 heterocycles. The van der Waals surface area contributed by atoms with Gasteiger partial charge in [0.1, 0.15) is 5.75 Å². The van der Waals surface area contributed by atoms with E-state index in [-0.39, 0.29) is 5.75 Å². The Hall–Kier alpha value is -3.91. The Labute approximate surface area is 189 Å². The number of para-hydroxylation sites is 1. The second kappa shape index (κ2) is 9.93. The van der Waals surface area contributed by atoms with Crippen LogP contribution in [0.25, 0.3) is 17.1 Å². The van der Waals surface area contributed by atoms with Gasteiger partial charge in [-0.15, -0.1) is 10.2 Å². The molecule has 0 aliphatic heterocycles. The molecule has 0 saturated carbocycles. The molecular formula is C24H19N3O4S. The number of thioether (sulfide) groups is 1. The van der Waals surface area contributed by atoms with E-state index in [4.69, 9.17) is 4.74 Å². The Morgan fingerprint density at radius 2 is 1.53 bits per heavy atom. The van der Waals surface area contributed by atoms with Crippen molar-refractivity contribution >= 4 is 23.7 Å². The van der Waals surface area contributed by atoms with Gasteiger partial charge < -0.3 is 9.47 Å². The molecule has 0 aliphatic carbocycles. The first-order valence-electron chi connectivity index (χ1n) is 9.74. The zero-order chi connectivity index (χ0) is 22.3. The number of nitrogens with zero attached hydrogens (tertiary/aromatic N) is 3. The first kappa shape index (κ1) is 21.3. The van der Waals surface area contributed by atoms with Crippen LogP contribution in [0.5, 0.6) is 5.75 Å². The van der Waals surface area contributed by atoms with E-state index in [0.29, 0.717) is 22.3 Å². The van der Waals surface area contributed by atoms with Crippen molar-refractivity contribution in [1.82, 2.24) is 14.8 Å². The van der Waals surface area contributed by atoms with E-state index in [1.807, 2.05) is 65.2 Å². The lowest BCUT2D eigenvalue weighted by molar-refractivity contribution is -0.131. The molecule has 0 saturated heterocycles. The molecule has 0 radical (unpaired) electrons. The fourth-order valence-corrected chi connectivity index (χ4v) is 3.73. The van der Waals surface area contributed by atoms with Gasteiger partial charge in [0, 0.05) is 11.3 Å². The van der Waals surface area contributed by atoms with Crippen LogP contribution in [0.1, 0.15) is 10.4 Å². The number of esters is 2. The van der Waals surface area contributed by atoms with Gasteiger partial charge in [-0.2, -0.15) is 0 Å². The smallest absolute Gasteiger partial charge is 0.337 e. The van der Waals surface area contributed by atoms with Crippen molar-refractivity contribution in [3.63, 3.8) is 0 Å². The van der Waals surface area contributed by atoms with Gasteiger partial charge in [0.2, 0.25) is 0 Å². The van der Waals surface area contributed by atoms with Gasteiger partial charge >= 0.3 is 11.9 Å². The third kappa shape index (κ3) is 4.87. The molecule has 3 aromatic carbocycles. The molecule has 4 rings (SSSR count). The fraction of sp³-hybridized carbons (Fsp3) is 0.0833. The normalized spacial score (nSPS) is 10.5. The summed E-state index contributed by atoms with van der Waals surface area (Å²) in [7, 11) is 1.31.